The van der Waals surface area contributed by atoms with Crippen LogP contribution in [0.4, 0.5) is 0 Å². The van der Waals surface area contributed by atoms with Gasteiger partial charge < -0.3 is 0 Å². The first kappa shape index (κ1) is 9.05. The van der Waals surface area contributed by atoms with E-state index in [1.165, 1.54) is 0 Å². The van der Waals surface area contributed by atoms with Gasteiger partial charge in [-0.3, -0.25) is 9.59 Å². The van der Waals surface area contributed by atoms with Gasteiger partial charge in [0.25, 0.3) is 0 Å². The molecule has 0 aromatic rings. The summed E-state index contributed by atoms with van der Waals surface area (Å²) < 4.78 is 0. The molecule has 1 aliphatic rings. The van der Waals surface area contributed by atoms with Gasteiger partial charge in [-0.1, -0.05) is 0 Å². The van der Waals surface area contributed by atoms with Crippen LogP contribution in [-0.4, -0.2) is 11.8 Å². The quantitative estimate of drug-likeness (QED) is 0.360. The van der Waals surface area contributed by atoms with E-state index in [0.717, 1.165) is 0 Å². The monoisotopic (exact) mass is 180 g/mol. The van der Waals surface area contributed by atoms with Crippen molar-refractivity contribution in [3.63, 3.8) is 0 Å². The molecule has 0 aromatic heterocycles. The molecule has 66 valence electrons. The Balaban J connectivity index is 2.55. The highest BCUT2D eigenvalue weighted by atomic mass is 16.2. The Morgan fingerprint density at radius 3 is 1.77 bits per heavy atom. The molecule has 13 heavy (non-hydrogen) atoms. The topological polar surface area (TPSA) is 132 Å². The van der Waals surface area contributed by atoms with E-state index in [1.54, 1.807) is 0 Å². The van der Waals surface area contributed by atoms with Crippen molar-refractivity contribution in [3.8, 4) is 0 Å². The van der Waals surface area contributed by atoms with Crippen molar-refractivity contribution in [1.82, 2.24) is 0 Å². The molecule has 0 N–H and O–H groups in total. The van der Waals surface area contributed by atoms with Gasteiger partial charge in [0, 0.05) is 21.7 Å². The van der Waals surface area contributed by atoms with Gasteiger partial charge >= 0.3 is 0 Å². The smallest absolute Gasteiger partial charge is 0.222 e. The molecule has 0 spiro atoms. The molecular formula is C5H4N6O2. The van der Waals surface area contributed by atoms with Gasteiger partial charge in [0.2, 0.25) is 11.8 Å². The van der Waals surface area contributed by atoms with Crippen LogP contribution in [0.25, 0.3) is 20.9 Å². The number of carbonyl (C=O) groups is 2. The second-order valence-electron chi connectivity index (χ2n) is 2.50. The Hall–Kier alpha value is -2.04. The number of nitrogens with zero attached hydrogens (tertiary/aromatic N) is 6. The SMILES string of the molecule is [N-]=[N+]=NC(=O)C1C[C@H]1C(=O)N=[N+]=[N-]. The van der Waals surface area contributed by atoms with Crippen molar-refractivity contribution in [2.24, 2.45) is 22.1 Å². The number of hydrogen-bond donors (Lipinski definition) is 0. The fraction of sp³-hybridized carbons (Fsp3) is 0.600. The van der Waals surface area contributed by atoms with Gasteiger partial charge in [0.05, 0.1) is 0 Å². The Bertz CT molecular complexity index is 316. The lowest BCUT2D eigenvalue weighted by molar-refractivity contribution is -0.123. The van der Waals surface area contributed by atoms with Crippen LogP contribution in [0.5, 0.6) is 0 Å². The molecule has 1 saturated carbocycles. The maximum atomic E-state index is 10.8. The van der Waals surface area contributed by atoms with E-state index in [-0.39, 0.29) is 0 Å². The van der Waals surface area contributed by atoms with E-state index in [2.05, 4.69) is 20.1 Å². The molecule has 0 aromatic carbocycles. The van der Waals surface area contributed by atoms with Crippen LogP contribution in [0.3, 0.4) is 0 Å². The average Bonchev–Trinajstić information content (AvgIpc) is 2.84. The molecule has 1 unspecified atom stereocenters. The van der Waals surface area contributed by atoms with E-state index >= 15 is 0 Å². The van der Waals surface area contributed by atoms with Crippen LogP contribution in [0.15, 0.2) is 10.2 Å². The highest BCUT2D eigenvalue weighted by molar-refractivity contribution is 5.93. The number of azide groups is 2. The van der Waals surface area contributed by atoms with E-state index in [0.29, 0.717) is 6.42 Å². The van der Waals surface area contributed by atoms with E-state index in [4.69, 9.17) is 11.1 Å². The molecule has 2 amide bonds. The molecule has 1 rings (SSSR count). The normalized spacial score (nSPS) is 23.7. The second-order valence-corrected chi connectivity index (χ2v) is 2.50. The summed E-state index contributed by atoms with van der Waals surface area (Å²) in [5.41, 5.74) is 15.8. The number of carbonyl (C=O) groups excluding carboxylic acids is 2. The Morgan fingerprint density at radius 2 is 1.46 bits per heavy atom. The van der Waals surface area contributed by atoms with Gasteiger partial charge in [-0.25, -0.2) is 0 Å². The largest absolute Gasteiger partial charge is 0.292 e. The van der Waals surface area contributed by atoms with E-state index in [1.807, 2.05) is 0 Å². The maximum absolute atomic E-state index is 10.8. The summed E-state index contributed by atoms with van der Waals surface area (Å²) in [5, 5.41) is 5.67. The third-order valence-corrected chi connectivity index (χ3v) is 1.71. The lowest BCUT2D eigenvalue weighted by Crippen LogP contribution is -2.03. The lowest BCUT2D eigenvalue weighted by atomic mass is 10.3. The van der Waals surface area contributed by atoms with E-state index < -0.39 is 23.7 Å². The van der Waals surface area contributed by atoms with Crippen molar-refractivity contribution in [1.29, 1.82) is 0 Å². The number of amides is 2. The first-order valence-corrected chi connectivity index (χ1v) is 3.38. The molecule has 8 heteroatoms. The third-order valence-electron chi connectivity index (χ3n) is 1.71. The summed E-state index contributed by atoms with van der Waals surface area (Å²) in [7, 11) is 0. The second kappa shape index (κ2) is 3.57. The molecule has 2 atom stereocenters. The maximum Gasteiger partial charge on any atom is 0.222 e. The molecule has 0 aliphatic heterocycles. The predicted molar refractivity (Wildman–Crippen MR) is 39.9 cm³/mol. The average molecular weight is 180 g/mol. The Morgan fingerprint density at radius 1 is 1.08 bits per heavy atom. The van der Waals surface area contributed by atoms with Crippen molar-refractivity contribution < 1.29 is 9.59 Å². The molecule has 8 nitrogen and oxygen atoms in total. The standard InChI is InChI=1S/C5H4N6O2/c6-10-8-4(12)2-1-3(2)5(13)9-11-7/h2-3H,1H2/t2-,3?/m1/s1. The molecule has 0 radical (unpaired) electrons. The van der Waals surface area contributed by atoms with Crippen LogP contribution >= 0.6 is 0 Å². The minimum absolute atomic E-state index is 0.301. The van der Waals surface area contributed by atoms with Crippen molar-refractivity contribution in [3.05, 3.63) is 20.9 Å². The van der Waals surface area contributed by atoms with Crippen LogP contribution < -0.4 is 0 Å². The van der Waals surface area contributed by atoms with Crippen molar-refractivity contribution >= 4 is 11.8 Å². The van der Waals surface area contributed by atoms with E-state index in [9.17, 15) is 9.59 Å². The van der Waals surface area contributed by atoms with Crippen LogP contribution in [-0.2, 0) is 9.59 Å². The van der Waals surface area contributed by atoms with Gasteiger partial charge in [-0.05, 0) is 27.7 Å². The van der Waals surface area contributed by atoms with Gasteiger partial charge in [0.15, 0.2) is 0 Å². The van der Waals surface area contributed by atoms with Gasteiger partial charge in [0.1, 0.15) is 0 Å². The number of rotatable bonds is 2. The zero-order valence-electron chi connectivity index (χ0n) is 6.36. The molecule has 1 aliphatic carbocycles. The summed E-state index contributed by atoms with van der Waals surface area (Å²) in [6, 6.07) is 0. The fourth-order valence-corrected chi connectivity index (χ4v) is 0.977. The Kier molecular flexibility index (Phi) is 2.49. The zero-order chi connectivity index (χ0) is 9.84. The summed E-state index contributed by atoms with van der Waals surface area (Å²) >= 11 is 0. The molecule has 0 saturated heterocycles. The van der Waals surface area contributed by atoms with Crippen molar-refractivity contribution in [2.45, 2.75) is 6.42 Å². The zero-order valence-corrected chi connectivity index (χ0v) is 6.36. The third kappa shape index (κ3) is 1.96. The highest BCUT2D eigenvalue weighted by Gasteiger charge is 2.46. The van der Waals surface area contributed by atoms with Crippen molar-refractivity contribution in [2.75, 3.05) is 0 Å². The fourth-order valence-electron chi connectivity index (χ4n) is 0.977. The first-order chi connectivity index (χ1) is 6.20. The minimum atomic E-state index is -0.672. The van der Waals surface area contributed by atoms with Crippen LogP contribution in [0.1, 0.15) is 6.42 Å². The summed E-state index contributed by atoms with van der Waals surface area (Å²) in [6.07, 6.45) is 0.301. The van der Waals surface area contributed by atoms with Crippen LogP contribution in [0, 0.1) is 11.8 Å². The minimum Gasteiger partial charge on any atom is -0.292 e. The summed E-state index contributed by atoms with van der Waals surface area (Å²) in [5.74, 6) is -2.52. The highest BCUT2D eigenvalue weighted by Crippen LogP contribution is 2.40. The first-order valence-electron chi connectivity index (χ1n) is 3.38. The van der Waals surface area contributed by atoms with Gasteiger partial charge in [-0.15, -0.1) is 0 Å². The van der Waals surface area contributed by atoms with Crippen LogP contribution in [0.2, 0.25) is 0 Å². The summed E-state index contributed by atoms with van der Waals surface area (Å²) in [6.45, 7) is 0. The summed E-state index contributed by atoms with van der Waals surface area (Å²) in [4.78, 5) is 26.2. The molecule has 0 heterocycles. The Labute approximate surface area is 71.8 Å². The molecule has 0 bridgehead atoms. The molecule has 1 fully saturated rings. The van der Waals surface area contributed by atoms with Gasteiger partial charge in [-0.2, -0.15) is 0 Å². The molecular weight excluding hydrogens is 176 g/mol. The lowest BCUT2D eigenvalue weighted by Gasteiger charge is -1.86. The number of hydrogen-bond acceptors (Lipinski definition) is 2. The predicted octanol–water partition coefficient (Wildman–Crippen LogP) is 1.30.